The van der Waals surface area contributed by atoms with E-state index in [0.29, 0.717) is 17.9 Å². The standard InChI is InChI=1S/C17H21NO3/c19-16(13-7-2-1-3-8-13)18-14-9-5-4-6-12(14)10-11-15(18)17(20)21/h1-3,7-8,12,14-15H,4-6,9-11H2,(H,20,21). The maximum atomic E-state index is 12.8. The molecule has 1 saturated heterocycles. The van der Waals surface area contributed by atoms with E-state index < -0.39 is 12.0 Å². The van der Waals surface area contributed by atoms with Crippen molar-refractivity contribution in [2.75, 3.05) is 0 Å². The van der Waals surface area contributed by atoms with Crippen LogP contribution in [0.15, 0.2) is 30.3 Å². The average molecular weight is 287 g/mol. The smallest absolute Gasteiger partial charge is 0.326 e. The molecule has 1 aromatic rings. The number of carboxylic acids is 1. The topological polar surface area (TPSA) is 57.6 Å². The zero-order valence-corrected chi connectivity index (χ0v) is 12.1. The molecular weight excluding hydrogens is 266 g/mol. The Morgan fingerprint density at radius 2 is 1.71 bits per heavy atom. The molecule has 112 valence electrons. The Morgan fingerprint density at radius 1 is 1.00 bits per heavy atom. The van der Waals surface area contributed by atoms with E-state index >= 15 is 0 Å². The van der Waals surface area contributed by atoms with Crippen LogP contribution in [0.5, 0.6) is 0 Å². The molecule has 1 N–H and O–H groups in total. The molecule has 0 aromatic heterocycles. The second-order valence-corrected chi connectivity index (χ2v) is 6.12. The summed E-state index contributed by atoms with van der Waals surface area (Å²) in [5.74, 6) is -0.523. The quantitative estimate of drug-likeness (QED) is 0.910. The minimum atomic E-state index is -0.872. The molecular formula is C17H21NO3. The van der Waals surface area contributed by atoms with Crippen molar-refractivity contribution in [1.29, 1.82) is 0 Å². The van der Waals surface area contributed by atoms with Gasteiger partial charge < -0.3 is 10.0 Å². The maximum Gasteiger partial charge on any atom is 0.326 e. The summed E-state index contributed by atoms with van der Waals surface area (Å²) in [7, 11) is 0. The second-order valence-electron chi connectivity index (χ2n) is 6.12. The molecule has 1 saturated carbocycles. The number of rotatable bonds is 2. The van der Waals surface area contributed by atoms with Crippen LogP contribution in [0, 0.1) is 5.92 Å². The number of hydrogen-bond donors (Lipinski definition) is 1. The third-order valence-corrected chi connectivity index (χ3v) is 4.91. The Bertz CT molecular complexity index is 528. The van der Waals surface area contributed by atoms with Gasteiger partial charge in [-0.05, 0) is 43.7 Å². The number of likely N-dealkylation sites (tertiary alicyclic amines) is 1. The van der Waals surface area contributed by atoms with E-state index in [9.17, 15) is 14.7 Å². The summed E-state index contributed by atoms with van der Waals surface area (Å²) in [4.78, 5) is 26.1. The molecule has 2 aliphatic rings. The largest absolute Gasteiger partial charge is 0.480 e. The van der Waals surface area contributed by atoms with E-state index in [1.807, 2.05) is 18.2 Å². The van der Waals surface area contributed by atoms with E-state index in [1.54, 1.807) is 17.0 Å². The van der Waals surface area contributed by atoms with Crippen LogP contribution in [-0.2, 0) is 4.79 Å². The number of hydrogen-bond acceptors (Lipinski definition) is 2. The minimum absolute atomic E-state index is 0.0984. The van der Waals surface area contributed by atoms with Gasteiger partial charge in [0.2, 0.25) is 0 Å². The first kappa shape index (κ1) is 14.1. The fourth-order valence-electron chi connectivity index (χ4n) is 3.90. The van der Waals surface area contributed by atoms with Crippen molar-refractivity contribution in [2.24, 2.45) is 5.92 Å². The molecule has 1 amide bonds. The Hall–Kier alpha value is -1.84. The monoisotopic (exact) mass is 287 g/mol. The number of carbonyl (C=O) groups is 2. The van der Waals surface area contributed by atoms with Gasteiger partial charge >= 0.3 is 5.97 Å². The summed E-state index contributed by atoms with van der Waals surface area (Å²) in [5.41, 5.74) is 0.593. The minimum Gasteiger partial charge on any atom is -0.480 e. The van der Waals surface area contributed by atoms with Crippen molar-refractivity contribution in [3.63, 3.8) is 0 Å². The van der Waals surface area contributed by atoms with E-state index in [4.69, 9.17) is 0 Å². The number of aliphatic carboxylic acids is 1. The van der Waals surface area contributed by atoms with E-state index in [0.717, 1.165) is 25.7 Å². The average Bonchev–Trinajstić information content (AvgIpc) is 2.53. The van der Waals surface area contributed by atoms with Crippen LogP contribution in [0.4, 0.5) is 0 Å². The molecule has 0 radical (unpaired) electrons. The predicted octanol–water partition coefficient (Wildman–Crippen LogP) is 2.93. The molecule has 1 aliphatic carbocycles. The first-order chi connectivity index (χ1) is 10.2. The number of nitrogens with zero attached hydrogens (tertiary/aromatic N) is 1. The van der Waals surface area contributed by atoms with Crippen LogP contribution in [0.1, 0.15) is 48.9 Å². The first-order valence-electron chi connectivity index (χ1n) is 7.79. The molecule has 1 aliphatic heterocycles. The van der Waals surface area contributed by atoms with Crippen molar-refractivity contribution < 1.29 is 14.7 Å². The summed E-state index contributed by atoms with van der Waals surface area (Å²) in [6, 6.07) is 8.49. The summed E-state index contributed by atoms with van der Waals surface area (Å²) in [6.45, 7) is 0. The van der Waals surface area contributed by atoms with Gasteiger partial charge in [0.25, 0.3) is 5.91 Å². The van der Waals surface area contributed by atoms with E-state index in [2.05, 4.69) is 0 Å². The zero-order chi connectivity index (χ0) is 14.8. The van der Waals surface area contributed by atoms with E-state index in [-0.39, 0.29) is 11.9 Å². The van der Waals surface area contributed by atoms with Crippen molar-refractivity contribution in [3.8, 4) is 0 Å². The van der Waals surface area contributed by atoms with Crippen LogP contribution in [-0.4, -0.2) is 34.0 Å². The van der Waals surface area contributed by atoms with Crippen molar-refractivity contribution in [1.82, 2.24) is 4.90 Å². The van der Waals surface area contributed by atoms with Crippen LogP contribution in [0.25, 0.3) is 0 Å². The number of amides is 1. The van der Waals surface area contributed by atoms with Gasteiger partial charge in [0.1, 0.15) is 6.04 Å². The van der Waals surface area contributed by atoms with Gasteiger partial charge in [0.15, 0.2) is 0 Å². The lowest BCUT2D eigenvalue weighted by molar-refractivity contribution is -0.146. The molecule has 0 spiro atoms. The number of carboxylic acid groups (broad SMARTS) is 1. The predicted molar refractivity (Wildman–Crippen MR) is 79.0 cm³/mol. The Morgan fingerprint density at radius 3 is 2.43 bits per heavy atom. The Labute approximate surface area is 124 Å². The number of carbonyl (C=O) groups excluding carboxylic acids is 1. The fraction of sp³-hybridized carbons (Fsp3) is 0.529. The molecule has 0 bridgehead atoms. The van der Waals surface area contributed by atoms with Gasteiger partial charge in [0, 0.05) is 11.6 Å². The highest BCUT2D eigenvalue weighted by Gasteiger charge is 2.43. The zero-order valence-electron chi connectivity index (χ0n) is 12.1. The summed E-state index contributed by atoms with van der Waals surface area (Å²) in [6.07, 6.45) is 5.86. The molecule has 3 unspecified atom stereocenters. The second kappa shape index (κ2) is 5.88. The highest BCUT2D eigenvalue weighted by Crippen LogP contribution is 2.38. The van der Waals surface area contributed by atoms with Gasteiger partial charge in [-0.2, -0.15) is 0 Å². The van der Waals surface area contributed by atoms with Crippen molar-refractivity contribution in [2.45, 2.75) is 50.6 Å². The van der Waals surface area contributed by atoms with Gasteiger partial charge in [-0.15, -0.1) is 0 Å². The van der Waals surface area contributed by atoms with Crippen LogP contribution in [0.3, 0.4) is 0 Å². The lowest BCUT2D eigenvalue weighted by Gasteiger charge is -2.47. The molecule has 3 rings (SSSR count). The fourth-order valence-corrected chi connectivity index (χ4v) is 3.90. The third-order valence-electron chi connectivity index (χ3n) is 4.91. The summed E-state index contributed by atoms with van der Waals surface area (Å²) < 4.78 is 0. The maximum absolute atomic E-state index is 12.8. The lowest BCUT2D eigenvalue weighted by atomic mass is 9.76. The summed E-state index contributed by atoms with van der Waals surface area (Å²) >= 11 is 0. The third kappa shape index (κ3) is 2.67. The molecule has 3 atom stereocenters. The molecule has 2 fully saturated rings. The lowest BCUT2D eigenvalue weighted by Crippen LogP contribution is -2.57. The number of fused-ring (bicyclic) bond motifs is 1. The highest BCUT2D eigenvalue weighted by atomic mass is 16.4. The first-order valence-corrected chi connectivity index (χ1v) is 7.79. The summed E-state index contributed by atoms with van der Waals surface area (Å²) in [5, 5.41) is 9.50. The highest BCUT2D eigenvalue weighted by molar-refractivity contribution is 5.97. The number of piperidine rings is 1. The van der Waals surface area contributed by atoms with Crippen molar-refractivity contribution in [3.05, 3.63) is 35.9 Å². The van der Waals surface area contributed by atoms with Gasteiger partial charge in [-0.3, -0.25) is 4.79 Å². The van der Waals surface area contributed by atoms with Crippen molar-refractivity contribution >= 4 is 11.9 Å². The van der Waals surface area contributed by atoms with E-state index in [1.165, 1.54) is 6.42 Å². The Kier molecular flexibility index (Phi) is 3.95. The molecule has 4 heteroatoms. The number of benzene rings is 1. The molecule has 4 nitrogen and oxygen atoms in total. The molecule has 21 heavy (non-hydrogen) atoms. The SMILES string of the molecule is O=C(O)C1CCC2CCCCC2N1C(=O)c1ccccc1. The molecule has 1 aromatic carbocycles. The van der Waals surface area contributed by atoms with Gasteiger partial charge in [0.05, 0.1) is 0 Å². The van der Waals surface area contributed by atoms with Crippen LogP contribution >= 0.6 is 0 Å². The van der Waals surface area contributed by atoms with Gasteiger partial charge in [-0.1, -0.05) is 31.0 Å². The molecule has 1 heterocycles. The van der Waals surface area contributed by atoms with Crippen LogP contribution in [0.2, 0.25) is 0 Å². The normalized spacial score (nSPS) is 28.8. The van der Waals surface area contributed by atoms with Gasteiger partial charge in [-0.25, -0.2) is 4.79 Å². The van der Waals surface area contributed by atoms with Crippen LogP contribution < -0.4 is 0 Å². The Balaban J connectivity index is 1.92.